The first kappa shape index (κ1) is 53.0. The first-order valence-corrected chi connectivity index (χ1v) is 21.6. The van der Waals surface area contributed by atoms with Crippen molar-refractivity contribution in [3.05, 3.63) is 158 Å². The Kier molecular flexibility index (Phi) is 40.9. The van der Waals surface area contributed by atoms with Crippen molar-refractivity contribution in [2.75, 3.05) is 13.2 Å². The SMILES string of the molecule is CC\C=C/C=C\C=C/C=C\C=C/CCCC(=O)OC(COC(=O)CC/C=C\C/C=C\C/C=C\C/C=C\C/C=C\CC)COC(=O)CCC/C=C\C/C=C\C/C=C\CC. The number of hydrogen-bond acceptors (Lipinski definition) is 6. The van der Waals surface area contributed by atoms with Crippen LogP contribution in [0.2, 0.25) is 0 Å². The highest BCUT2D eigenvalue weighted by Crippen LogP contribution is 2.07. The number of unbranched alkanes of at least 4 members (excludes halogenated alkanes) is 2. The van der Waals surface area contributed by atoms with E-state index in [0.717, 1.165) is 64.2 Å². The number of hydrogen-bond donors (Lipinski definition) is 0. The van der Waals surface area contributed by atoms with Crippen LogP contribution < -0.4 is 0 Å². The van der Waals surface area contributed by atoms with Gasteiger partial charge in [0, 0.05) is 19.3 Å². The zero-order valence-electron chi connectivity index (χ0n) is 36.0. The van der Waals surface area contributed by atoms with Crippen LogP contribution in [0.4, 0.5) is 0 Å². The summed E-state index contributed by atoms with van der Waals surface area (Å²) in [6.45, 7) is 6.02. The van der Waals surface area contributed by atoms with Gasteiger partial charge >= 0.3 is 17.9 Å². The van der Waals surface area contributed by atoms with E-state index in [1.807, 2.05) is 66.8 Å². The third-order valence-electron chi connectivity index (χ3n) is 7.90. The van der Waals surface area contributed by atoms with E-state index in [1.165, 1.54) is 0 Å². The molecule has 58 heavy (non-hydrogen) atoms. The molecule has 0 bridgehead atoms. The highest BCUT2D eigenvalue weighted by atomic mass is 16.6. The Bertz CT molecular complexity index is 1420. The molecule has 0 spiro atoms. The third kappa shape index (κ3) is 42.2. The van der Waals surface area contributed by atoms with Crippen molar-refractivity contribution < 1.29 is 28.6 Å². The van der Waals surface area contributed by atoms with Crippen LogP contribution in [0, 0.1) is 0 Å². The van der Waals surface area contributed by atoms with Gasteiger partial charge in [-0.25, -0.2) is 0 Å². The molecule has 0 aromatic rings. The molecule has 6 nitrogen and oxygen atoms in total. The summed E-state index contributed by atoms with van der Waals surface area (Å²) in [6.07, 6.45) is 65.4. The summed E-state index contributed by atoms with van der Waals surface area (Å²) >= 11 is 0. The fourth-order valence-corrected chi connectivity index (χ4v) is 4.78. The first-order chi connectivity index (χ1) is 28.5. The molecule has 6 heteroatoms. The summed E-state index contributed by atoms with van der Waals surface area (Å²) in [5, 5.41) is 0. The molecule has 0 aromatic carbocycles. The van der Waals surface area contributed by atoms with Crippen LogP contribution in [0.1, 0.15) is 130 Å². The summed E-state index contributed by atoms with van der Waals surface area (Å²) in [5.41, 5.74) is 0. The minimum absolute atomic E-state index is 0.165. The summed E-state index contributed by atoms with van der Waals surface area (Å²) in [6, 6.07) is 0. The second kappa shape index (κ2) is 44.7. The van der Waals surface area contributed by atoms with E-state index in [4.69, 9.17) is 14.2 Å². The van der Waals surface area contributed by atoms with Crippen molar-refractivity contribution >= 4 is 17.9 Å². The van der Waals surface area contributed by atoms with Crippen LogP contribution in [-0.4, -0.2) is 37.2 Å². The van der Waals surface area contributed by atoms with Gasteiger partial charge in [-0.2, -0.15) is 0 Å². The van der Waals surface area contributed by atoms with E-state index < -0.39 is 18.0 Å². The van der Waals surface area contributed by atoms with Crippen LogP contribution >= 0.6 is 0 Å². The van der Waals surface area contributed by atoms with E-state index in [9.17, 15) is 14.4 Å². The molecule has 0 fully saturated rings. The molecular formula is C52H74O6. The number of carbonyl (C=O) groups is 3. The first-order valence-electron chi connectivity index (χ1n) is 21.6. The van der Waals surface area contributed by atoms with E-state index in [-0.39, 0.29) is 38.4 Å². The van der Waals surface area contributed by atoms with Crippen molar-refractivity contribution in [1.29, 1.82) is 0 Å². The average Bonchev–Trinajstić information content (AvgIpc) is 3.22. The smallest absolute Gasteiger partial charge is 0.306 e. The molecule has 0 rings (SSSR count). The fraction of sp³-hybridized carbons (Fsp3) is 0.442. The molecule has 0 saturated carbocycles. The zero-order valence-corrected chi connectivity index (χ0v) is 36.0. The minimum atomic E-state index is -0.871. The molecule has 0 aliphatic heterocycles. The van der Waals surface area contributed by atoms with Gasteiger partial charge in [-0.15, -0.1) is 0 Å². The Balaban J connectivity index is 4.72. The second-order valence-corrected chi connectivity index (χ2v) is 13.2. The van der Waals surface area contributed by atoms with Gasteiger partial charge in [-0.05, 0) is 89.9 Å². The van der Waals surface area contributed by atoms with Gasteiger partial charge in [0.15, 0.2) is 6.10 Å². The maximum Gasteiger partial charge on any atom is 0.306 e. The molecule has 0 aliphatic rings. The molecule has 1 atom stereocenters. The Morgan fingerprint density at radius 3 is 1.17 bits per heavy atom. The van der Waals surface area contributed by atoms with Gasteiger partial charge < -0.3 is 14.2 Å². The molecule has 0 heterocycles. The van der Waals surface area contributed by atoms with E-state index in [0.29, 0.717) is 25.7 Å². The van der Waals surface area contributed by atoms with Gasteiger partial charge in [-0.3, -0.25) is 14.4 Å². The quantitative estimate of drug-likeness (QED) is 0.0209. The lowest BCUT2D eigenvalue weighted by molar-refractivity contribution is -0.166. The summed E-state index contributed by atoms with van der Waals surface area (Å²) in [4.78, 5) is 37.6. The van der Waals surface area contributed by atoms with Crippen molar-refractivity contribution in [2.45, 2.75) is 136 Å². The van der Waals surface area contributed by atoms with Crippen LogP contribution in [0.3, 0.4) is 0 Å². The van der Waals surface area contributed by atoms with Gasteiger partial charge in [0.05, 0.1) is 0 Å². The lowest BCUT2D eigenvalue weighted by atomic mass is 10.2. The van der Waals surface area contributed by atoms with Gasteiger partial charge in [0.25, 0.3) is 0 Å². The minimum Gasteiger partial charge on any atom is -0.462 e. The molecule has 0 aliphatic carbocycles. The molecule has 0 aromatic heterocycles. The Morgan fingerprint density at radius 1 is 0.362 bits per heavy atom. The predicted molar refractivity (Wildman–Crippen MR) is 246 cm³/mol. The molecular weight excluding hydrogens is 721 g/mol. The molecule has 1 unspecified atom stereocenters. The molecule has 0 saturated heterocycles. The molecule has 0 radical (unpaired) electrons. The lowest BCUT2D eigenvalue weighted by Gasteiger charge is -2.18. The number of esters is 3. The van der Waals surface area contributed by atoms with Gasteiger partial charge in [-0.1, -0.05) is 179 Å². The number of allylic oxidation sites excluding steroid dienone is 26. The summed E-state index contributed by atoms with van der Waals surface area (Å²) in [5.74, 6) is -1.20. The number of rotatable bonds is 35. The van der Waals surface area contributed by atoms with Crippen molar-refractivity contribution in [3.8, 4) is 0 Å². The number of ether oxygens (including phenoxy) is 3. The normalized spacial score (nSPS) is 13.6. The molecule has 0 amide bonds. The second-order valence-electron chi connectivity index (χ2n) is 13.2. The monoisotopic (exact) mass is 795 g/mol. The van der Waals surface area contributed by atoms with Crippen LogP contribution in [0.15, 0.2) is 158 Å². The van der Waals surface area contributed by atoms with Crippen LogP contribution in [0.5, 0.6) is 0 Å². The van der Waals surface area contributed by atoms with Crippen LogP contribution in [0.25, 0.3) is 0 Å². The maximum atomic E-state index is 12.7. The van der Waals surface area contributed by atoms with Crippen molar-refractivity contribution in [2.24, 2.45) is 0 Å². The zero-order chi connectivity index (χ0) is 42.3. The Morgan fingerprint density at radius 2 is 0.707 bits per heavy atom. The highest BCUT2D eigenvalue weighted by Gasteiger charge is 2.19. The third-order valence-corrected chi connectivity index (χ3v) is 7.90. The molecule has 0 N–H and O–H groups in total. The van der Waals surface area contributed by atoms with Crippen molar-refractivity contribution in [3.63, 3.8) is 0 Å². The average molecular weight is 795 g/mol. The fourth-order valence-electron chi connectivity index (χ4n) is 4.78. The molecule has 318 valence electrons. The Labute approximate surface area is 352 Å². The van der Waals surface area contributed by atoms with Gasteiger partial charge in [0.2, 0.25) is 0 Å². The largest absolute Gasteiger partial charge is 0.462 e. The van der Waals surface area contributed by atoms with E-state index >= 15 is 0 Å². The Hall–Kier alpha value is -4.97. The van der Waals surface area contributed by atoms with E-state index in [2.05, 4.69) is 112 Å². The van der Waals surface area contributed by atoms with Crippen molar-refractivity contribution in [1.82, 2.24) is 0 Å². The van der Waals surface area contributed by atoms with E-state index in [1.54, 1.807) is 0 Å². The topological polar surface area (TPSA) is 78.9 Å². The number of carbonyl (C=O) groups excluding carboxylic acids is 3. The lowest BCUT2D eigenvalue weighted by Crippen LogP contribution is -2.30. The van der Waals surface area contributed by atoms with Gasteiger partial charge in [0.1, 0.15) is 13.2 Å². The highest BCUT2D eigenvalue weighted by molar-refractivity contribution is 5.71. The predicted octanol–water partition coefficient (Wildman–Crippen LogP) is 13.9. The van der Waals surface area contributed by atoms with Crippen LogP contribution in [-0.2, 0) is 28.6 Å². The standard InChI is InChI=1S/C52H74O6/c1-4-7-10-13-16-19-22-24-25-26-28-30-33-36-39-42-45-51(54)57-48-49(47-56-50(53)44-41-38-35-32-29-21-18-15-12-9-6-3)58-52(55)46-43-40-37-34-31-27-23-20-17-14-11-8-5-2/h7-12,14,16-21,23-25,27-28,30-32,34-37,39,49H,4-6,13,15,22,26,29,33,38,40-48H2,1-3H3/b10-7-,11-8-,12-9-,17-14-,19-16-,21-18-,23-20-,25-24-,30-28-,31-27-,35-32-,37-34-,39-36-. The summed E-state index contributed by atoms with van der Waals surface area (Å²) in [7, 11) is 0. The summed E-state index contributed by atoms with van der Waals surface area (Å²) < 4.78 is 16.5. The maximum absolute atomic E-state index is 12.7.